The summed E-state index contributed by atoms with van der Waals surface area (Å²) in [4.78, 5) is 21.0. The first-order chi connectivity index (χ1) is 13.6. The van der Waals surface area contributed by atoms with Crippen LogP contribution in [-0.2, 0) is 16.1 Å². The zero-order chi connectivity index (χ0) is 19.5. The summed E-state index contributed by atoms with van der Waals surface area (Å²) in [7, 11) is 0. The molecule has 1 unspecified atom stereocenters. The number of carbonyl (C=O) groups is 1. The third-order valence-electron chi connectivity index (χ3n) is 4.72. The fraction of sp³-hybridized carbons (Fsp3) is 0.333. The van der Waals surface area contributed by atoms with E-state index in [2.05, 4.69) is 20.4 Å². The average molecular weight is 378 g/mol. The van der Waals surface area contributed by atoms with Crippen molar-refractivity contribution in [1.29, 1.82) is 0 Å². The number of aromatic nitrogens is 3. The molecule has 3 heterocycles. The summed E-state index contributed by atoms with van der Waals surface area (Å²) in [5, 5.41) is 6.89. The average Bonchev–Trinajstić information content (AvgIpc) is 3.38. The lowest BCUT2D eigenvalue weighted by molar-refractivity contribution is -0.130. The highest BCUT2D eigenvalue weighted by atomic mass is 16.5. The second kappa shape index (κ2) is 7.90. The number of hydrogen-bond acceptors (Lipinski definition) is 6. The SMILES string of the molecule is Cc1cc(-c2cnc(C)nc2-c2ccc(CNC(=O)C3CCCO3)cc2)on1. The molecule has 0 bridgehead atoms. The van der Waals surface area contributed by atoms with Gasteiger partial charge in [0.25, 0.3) is 0 Å². The van der Waals surface area contributed by atoms with E-state index in [4.69, 9.17) is 9.26 Å². The Morgan fingerprint density at radius 1 is 1.25 bits per heavy atom. The van der Waals surface area contributed by atoms with Gasteiger partial charge in [0, 0.05) is 31.0 Å². The van der Waals surface area contributed by atoms with Crippen molar-refractivity contribution < 1.29 is 14.1 Å². The summed E-state index contributed by atoms with van der Waals surface area (Å²) in [6.45, 7) is 4.86. The molecule has 0 saturated carbocycles. The zero-order valence-electron chi connectivity index (χ0n) is 15.9. The van der Waals surface area contributed by atoms with Crippen LogP contribution in [0.1, 0.15) is 29.9 Å². The molecule has 1 N–H and O–H groups in total. The fourth-order valence-corrected chi connectivity index (χ4v) is 3.23. The van der Waals surface area contributed by atoms with Crippen molar-refractivity contribution in [2.24, 2.45) is 0 Å². The number of nitrogens with zero attached hydrogens (tertiary/aromatic N) is 3. The topological polar surface area (TPSA) is 90.1 Å². The lowest BCUT2D eigenvalue weighted by Gasteiger charge is -2.11. The Bertz CT molecular complexity index is 976. The Hall–Kier alpha value is -3.06. The molecule has 1 aromatic carbocycles. The van der Waals surface area contributed by atoms with Gasteiger partial charge in [0.15, 0.2) is 5.76 Å². The van der Waals surface area contributed by atoms with Crippen LogP contribution in [0.5, 0.6) is 0 Å². The van der Waals surface area contributed by atoms with Gasteiger partial charge in [-0.2, -0.15) is 0 Å². The van der Waals surface area contributed by atoms with Gasteiger partial charge in [-0.15, -0.1) is 0 Å². The maximum absolute atomic E-state index is 12.1. The quantitative estimate of drug-likeness (QED) is 0.733. The molecular weight excluding hydrogens is 356 g/mol. The van der Waals surface area contributed by atoms with Gasteiger partial charge in [0.2, 0.25) is 5.91 Å². The molecule has 144 valence electrons. The Morgan fingerprint density at radius 2 is 2.07 bits per heavy atom. The molecule has 0 radical (unpaired) electrons. The van der Waals surface area contributed by atoms with E-state index in [1.807, 2.05) is 44.2 Å². The summed E-state index contributed by atoms with van der Waals surface area (Å²) in [6, 6.07) is 9.81. The summed E-state index contributed by atoms with van der Waals surface area (Å²) < 4.78 is 10.8. The largest absolute Gasteiger partial charge is 0.368 e. The minimum Gasteiger partial charge on any atom is -0.368 e. The molecule has 1 atom stereocenters. The number of ether oxygens (including phenoxy) is 1. The van der Waals surface area contributed by atoms with E-state index >= 15 is 0 Å². The fourth-order valence-electron chi connectivity index (χ4n) is 3.23. The van der Waals surface area contributed by atoms with E-state index in [0.717, 1.165) is 40.9 Å². The minimum absolute atomic E-state index is 0.0454. The predicted molar refractivity (Wildman–Crippen MR) is 103 cm³/mol. The highest BCUT2D eigenvalue weighted by Crippen LogP contribution is 2.30. The lowest BCUT2D eigenvalue weighted by Crippen LogP contribution is -2.33. The maximum Gasteiger partial charge on any atom is 0.249 e. The highest BCUT2D eigenvalue weighted by Gasteiger charge is 2.23. The van der Waals surface area contributed by atoms with E-state index < -0.39 is 0 Å². The van der Waals surface area contributed by atoms with Gasteiger partial charge in [-0.25, -0.2) is 9.97 Å². The number of aryl methyl sites for hydroxylation is 2. The third kappa shape index (κ3) is 3.94. The molecule has 7 heteroatoms. The van der Waals surface area contributed by atoms with Gasteiger partial charge in [-0.1, -0.05) is 29.4 Å². The maximum atomic E-state index is 12.1. The molecule has 1 fully saturated rings. The number of rotatable bonds is 5. The first kappa shape index (κ1) is 18.3. The molecule has 1 amide bonds. The normalized spacial score (nSPS) is 16.3. The van der Waals surface area contributed by atoms with Crippen LogP contribution in [-0.4, -0.2) is 33.7 Å². The van der Waals surface area contributed by atoms with Crippen molar-refractivity contribution in [2.45, 2.75) is 39.3 Å². The summed E-state index contributed by atoms with van der Waals surface area (Å²) in [5.74, 6) is 1.28. The molecule has 1 aliphatic rings. The lowest BCUT2D eigenvalue weighted by atomic mass is 10.0. The van der Waals surface area contributed by atoms with Crippen LogP contribution in [0.3, 0.4) is 0 Å². The molecule has 7 nitrogen and oxygen atoms in total. The highest BCUT2D eigenvalue weighted by molar-refractivity contribution is 5.81. The van der Waals surface area contributed by atoms with Crippen molar-refractivity contribution >= 4 is 5.91 Å². The number of amides is 1. The van der Waals surface area contributed by atoms with Crippen molar-refractivity contribution in [1.82, 2.24) is 20.4 Å². The third-order valence-corrected chi connectivity index (χ3v) is 4.72. The number of nitrogens with one attached hydrogen (secondary N) is 1. The first-order valence-electron chi connectivity index (χ1n) is 9.36. The van der Waals surface area contributed by atoms with Crippen molar-refractivity contribution in [3.05, 3.63) is 53.6 Å². The van der Waals surface area contributed by atoms with E-state index in [-0.39, 0.29) is 12.0 Å². The molecule has 1 saturated heterocycles. The molecule has 0 spiro atoms. The molecule has 0 aliphatic carbocycles. The second-order valence-electron chi connectivity index (χ2n) is 6.93. The number of hydrogen-bond donors (Lipinski definition) is 1. The van der Waals surface area contributed by atoms with Crippen LogP contribution in [0.2, 0.25) is 0 Å². The van der Waals surface area contributed by atoms with Gasteiger partial charge in [-0.3, -0.25) is 4.79 Å². The molecule has 4 rings (SSSR count). The molecule has 3 aromatic rings. The Labute approximate surface area is 163 Å². The Balaban J connectivity index is 1.52. The van der Waals surface area contributed by atoms with Gasteiger partial charge in [0.1, 0.15) is 11.9 Å². The smallest absolute Gasteiger partial charge is 0.249 e. The van der Waals surface area contributed by atoms with E-state index in [0.29, 0.717) is 24.7 Å². The van der Waals surface area contributed by atoms with Crippen LogP contribution in [0.25, 0.3) is 22.6 Å². The van der Waals surface area contributed by atoms with Crippen LogP contribution in [0.4, 0.5) is 0 Å². The minimum atomic E-state index is -0.309. The molecule has 28 heavy (non-hydrogen) atoms. The van der Waals surface area contributed by atoms with Crippen LogP contribution >= 0.6 is 0 Å². The number of benzene rings is 1. The second-order valence-corrected chi connectivity index (χ2v) is 6.93. The summed E-state index contributed by atoms with van der Waals surface area (Å²) in [5.41, 5.74) is 4.35. The van der Waals surface area contributed by atoms with Crippen LogP contribution in [0.15, 0.2) is 41.1 Å². The monoisotopic (exact) mass is 378 g/mol. The van der Waals surface area contributed by atoms with E-state index in [1.165, 1.54) is 0 Å². The Morgan fingerprint density at radius 3 is 2.75 bits per heavy atom. The zero-order valence-corrected chi connectivity index (χ0v) is 15.9. The molecule has 1 aliphatic heterocycles. The van der Waals surface area contributed by atoms with Crippen molar-refractivity contribution in [2.75, 3.05) is 6.61 Å². The van der Waals surface area contributed by atoms with Crippen LogP contribution < -0.4 is 5.32 Å². The van der Waals surface area contributed by atoms with Crippen LogP contribution in [0, 0.1) is 13.8 Å². The molecular formula is C21H22N4O3. The summed E-state index contributed by atoms with van der Waals surface area (Å²) >= 11 is 0. The van der Waals surface area contributed by atoms with Crippen molar-refractivity contribution in [3.8, 4) is 22.6 Å². The van der Waals surface area contributed by atoms with E-state index in [1.54, 1.807) is 6.20 Å². The number of carbonyl (C=O) groups excluding carboxylic acids is 1. The van der Waals surface area contributed by atoms with Gasteiger partial charge in [0.05, 0.1) is 17.0 Å². The van der Waals surface area contributed by atoms with Gasteiger partial charge >= 0.3 is 0 Å². The van der Waals surface area contributed by atoms with E-state index in [9.17, 15) is 4.79 Å². The first-order valence-corrected chi connectivity index (χ1v) is 9.36. The standard InChI is InChI=1S/C21H22N4O3/c1-13-10-19(28-25-13)17-12-22-14(2)24-20(17)16-7-5-15(6-8-16)11-23-21(26)18-4-3-9-27-18/h5-8,10,12,18H,3-4,9,11H2,1-2H3,(H,23,26). The van der Waals surface area contributed by atoms with Gasteiger partial charge in [-0.05, 0) is 32.3 Å². The predicted octanol–water partition coefficient (Wildman–Crippen LogP) is 3.21. The van der Waals surface area contributed by atoms with Crippen molar-refractivity contribution in [3.63, 3.8) is 0 Å². The summed E-state index contributed by atoms with van der Waals surface area (Å²) in [6.07, 6.45) is 3.18. The molecule has 2 aromatic heterocycles. The van der Waals surface area contributed by atoms with Gasteiger partial charge < -0.3 is 14.6 Å². The Kier molecular flexibility index (Phi) is 5.16.